The standard InChI is InChI=1S/C27H29NO11.C7H15Cl2N2O2P.C4H3FN2O2.ClH/c1-10-22(31)13(28)6-17(38-10)39-15-8-27(36,16(30)9-29)7-12-19(15)26(35)21-20(24(12)33)23(32)11-4-3-5-14(37-2)18(11)25(21)34;8-2-5-11(6-3-9)14(12)10-4-1-7-13-14;5-2-1-6-4(9)7-3(2)8;/h3-5,10,13,15,17,22,29,31,33,35-36H,6-9,28H2,1-2H3;1-7H2,(H,10,12);1H,(H2,6,7,8,9);1H/t10-,13-,15-,17-,22-,27-;;;/m0.../s1. The Morgan fingerprint density at radius 3 is 2.32 bits per heavy atom. The molecule has 63 heavy (non-hydrogen) atoms. The Morgan fingerprint density at radius 1 is 1.10 bits per heavy atom. The summed E-state index contributed by atoms with van der Waals surface area (Å²) in [6.07, 6.45) is -3.52. The topological polar surface area (TPSA) is 313 Å². The Labute approximate surface area is 374 Å². The van der Waals surface area contributed by atoms with Gasteiger partial charge >= 0.3 is 13.4 Å². The predicted molar refractivity (Wildman–Crippen MR) is 226 cm³/mol. The fourth-order valence-corrected chi connectivity index (χ4v) is 10.1. The fourth-order valence-electron chi connectivity index (χ4n) is 7.42. The number of nitrogens with zero attached hydrogens (tertiary/aromatic N) is 1. The zero-order chi connectivity index (χ0) is 45.7. The monoisotopic (exact) mass is 969 g/mol. The van der Waals surface area contributed by atoms with E-state index in [1.807, 2.05) is 4.98 Å². The summed E-state index contributed by atoms with van der Waals surface area (Å²) < 4.78 is 48.2. The van der Waals surface area contributed by atoms with Crippen molar-refractivity contribution in [1.29, 1.82) is 0 Å². The molecule has 1 aromatic heterocycles. The van der Waals surface area contributed by atoms with E-state index in [-0.39, 0.29) is 46.8 Å². The number of carbonyl (C=O) groups is 3. The van der Waals surface area contributed by atoms with Crippen LogP contribution in [-0.2, 0) is 29.8 Å². The number of aromatic amines is 2. The summed E-state index contributed by atoms with van der Waals surface area (Å²) in [5, 5.41) is 56.6. The second-order valence-electron chi connectivity index (χ2n) is 14.5. The van der Waals surface area contributed by atoms with Crippen LogP contribution < -0.4 is 26.8 Å². The molecule has 0 radical (unpaired) electrons. The Morgan fingerprint density at radius 2 is 1.76 bits per heavy atom. The number of nitrogens with one attached hydrogen (secondary N) is 3. The molecule has 0 spiro atoms. The number of hydrogen-bond donors (Lipinski definition) is 9. The number of nitrogens with two attached hydrogens (primary N) is 1. The van der Waals surface area contributed by atoms with Gasteiger partial charge in [0.05, 0.1) is 48.7 Å². The van der Waals surface area contributed by atoms with Crippen molar-refractivity contribution in [2.45, 2.75) is 68.9 Å². The van der Waals surface area contributed by atoms with Crippen molar-refractivity contribution in [2.75, 3.05) is 51.7 Å². The van der Waals surface area contributed by atoms with Crippen LogP contribution in [0.15, 0.2) is 34.0 Å². The largest absolute Gasteiger partial charge is 0.507 e. The summed E-state index contributed by atoms with van der Waals surface area (Å²) in [7, 11) is -1.52. The molecule has 3 aromatic rings. The van der Waals surface area contributed by atoms with E-state index < -0.39 is 120 Å². The van der Waals surface area contributed by atoms with Crippen LogP contribution >= 0.6 is 43.3 Å². The van der Waals surface area contributed by atoms with Crippen molar-refractivity contribution in [3.05, 3.63) is 84.4 Å². The van der Waals surface area contributed by atoms with E-state index in [0.717, 1.165) is 13.0 Å². The van der Waals surface area contributed by atoms with Crippen molar-refractivity contribution in [1.82, 2.24) is 19.7 Å². The number of Topliss-reactive ketones (excluding diaryl/α,β-unsaturated/α-hetero) is 1. The highest BCUT2D eigenvalue weighted by Gasteiger charge is 2.50. The number of rotatable bonds is 10. The number of fused-ring (bicyclic) bond motifs is 3. The van der Waals surface area contributed by atoms with Crippen LogP contribution in [0.2, 0.25) is 0 Å². The van der Waals surface area contributed by atoms with Crippen LogP contribution in [0.1, 0.15) is 75.3 Å². The minimum atomic E-state index is -2.84. The minimum Gasteiger partial charge on any atom is -0.507 e. The molecule has 7 atom stereocenters. The second kappa shape index (κ2) is 21.9. The number of benzene rings is 2. The zero-order valence-corrected chi connectivity index (χ0v) is 37.0. The highest BCUT2D eigenvalue weighted by molar-refractivity contribution is 7.54. The number of aromatic nitrogens is 2. The van der Waals surface area contributed by atoms with Gasteiger partial charge in [0.2, 0.25) is 11.6 Å². The van der Waals surface area contributed by atoms with Gasteiger partial charge in [-0.1, -0.05) is 12.1 Å². The van der Waals surface area contributed by atoms with Crippen molar-refractivity contribution < 1.29 is 67.6 Å². The molecule has 20 nitrogen and oxygen atoms in total. The van der Waals surface area contributed by atoms with Crippen molar-refractivity contribution in [3.63, 3.8) is 0 Å². The number of ketones is 3. The number of aliphatic hydroxyl groups is 3. The molecule has 1 unspecified atom stereocenters. The van der Waals surface area contributed by atoms with Crippen molar-refractivity contribution in [3.8, 4) is 17.2 Å². The Bertz CT molecular complexity index is 2310. The Balaban J connectivity index is 0.000000296. The lowest BCUT2D eigenvalue weighted by Crippen LogP contribution is -2.53. The van der Waals surface area contributed by atoms with Gasteiger partial charge < -0.3 is 55.0 Å². The molecule has 10 N–H and O–H groups in total. The van der Waals surface area contributed by atoms with Gasteiger partial charge in [-0.05, 0) is 19.4 Å². The van der Waals surface area contributed by atoms with E-state index >= 15 is 0 Å². The first-order chi connectivity index (χ1) is 29.4. The Kier molecular flexibility index (Phi) is 18.0. The molecule has 2 fully saturated rings. The number of H-pyrrole nitrogens is 2. The third-order valence-corrected chi connectivity index (χ3v) is 13.2. The van der Waals surface area contributed by atoms with Crippen LogP contribution in [0, 0.1) is 5.82 Å². The smallest absolute Gasteiger partial charge is 0.343 e. The third kappa shape index (κ3) is 11.0. The van der Waals surface area contributed by atoms with Crippen molar-refractivity contribution >= 4 is 60.6 Å². The summed E-state index contributed by atoms with van der Waals surface area (Å²) in [5.74, 6) is -3.92. The number of carbonyl (C=O) groups excluding carboxylic acids is 3. The van der Waals surface area contributed by atoms with Gasteiger partial charge in [0.15, 0.2) is 17.9 Å². The molecule has 2 saturated heterocycles. The molecule has 0 saturated carbocycles. The number of ether oxygens (including phenoxy) is 3. The lowest BCUT2D eigenvalue weighted by atomic mass is 9.72. The summed E-state index contributed by atoms with van der Waals surface area (Å²) in [4.78, 5) is 63.7. The van der Waals surface area contributed by atoms with Gasteiger partial charge in [-0.2, -0.15) is 4.39 Å². The number of phenolic OH excluding ortho intramolecular Hbond substituents is 2. The highest BCUT2D eigenvalue weighted by Crippen LogP contribution is 2.53. The van der Waals surface area contributed by atoms with Crippen LogP contribution in [0.5, 0.6) is 17.2 Å². The third-order valence-electron chi connectivity index (χ3n) is 10.5. The van der Waals surface area contributed by atoms with Gasteiger partial charge in [-0.25, -0.2) is 14.6 Å². The quantitative estimate of drug-likeness (QED) is 0.0618. The molecule has 2 aromatic carbocycles. The molecule has 2 aliphatic heterocycles. The molecule has 25 heteroatoms. The molecule has 348 valence electrons. The van der Waals surface area contributed by atoms with Gasteiger partial charge in [0.1, 0.15) is 29.5 Å². The first-order valence-corrected chi connectivity index (χ1v) is 21.8. The number of hydrogen-bond acceptors (Lipinski definition) is 16. The number of methoxy groups -OCH3 is 1. The number of halogens is 4. The number of phenols is 2. The second-order valence-corrected chi connectivity index (χ2v) is 17.5. The first-order valence-electron chi connectivity index (χ1n) is 19.2. The normalized spacial score (nSPS) is 26.1. The molecule has 2 aliphatic carbocycles. The summed E-state index contributed by atoms with van der Waals surface area (Å²) >= 11 is 11.2. The Hall–Kier alpha value is -3.80. The van der Waals surface area contributed by atoms with Crippen LogP contribution in [0.25, 0.3) is 0 Å². The van der Waals surface area contributed by atoms with Crippen LogP contribution in [0.4, 0.5) is 4.39 Å². The minimum absolute atomic E-state index is 0. The number of aromatic hydroxyl groups is 2. The maximum atomic E-state index is 13.6. The maximum Gasteiger partial charge on any atom is 0.343 e. The van der Waals surface area contributed by atoms with Gasteiger partial charge in [0, 0.05) is 79.6 Å². The summed E-state index contributed by atoms with van der Waals surface area (Å²) in [6, 6.07) is 3.64. The molecule has 3 heterocycles. The summed E-state index contributed by atoms with van der Waals surface area (Å²) in [6.45, 7) is 2.87. The zero-order valence-electron chi connectivity index (χ0n) is 33.8. The van der Waals surface area contributed by atoms with Crippen molar-refractivity contribution in [2.24, 2.45) is 5.73 Å². The number of aliphatic hydroxyl groups excluding tert-OH is 2. The average Bonchev–Trinajstić information content (AvgIpc) is 3.24. The molecule has 4 aliphatic rings. The van der Waals surface area contributed by atoms with E-state index in [9.17, 15) is 58.5 Å². The predicted octanol–water partition coefficient (Wildman–Crippen LogP) is 1.51. The molecular weight excluding hydrogens is 923 g/mol. The maximum absolute atomic E-state index is 13.6. The highest BCUT2D eigenvalue weighted by atomic mass is 35.5. The molecule has 7 rings (SSSR count). The SMILES string of the molecule is COc1cccc2c1C(=O)c1c(O)c3c(c(O)c1C2=O)C[C@@](O)(C(=O)CO)C[C@@H]3O[C@H]1C[C@H](N)[C@@H](O)[C@H](C)O1.Cl.O=P1(N(CCCl)CCCl)NCCCO1.O=c1[nH]cc(F)c(=O)[nH]1. The average molecular weight is 971 g/mol. The van der Waals surface area contributed by atoms with Crippen LogP contribution in [-0.4, -0.2) is 139 Å². The lowest BCUT2D eigenvalue weighted by Gasteiger charge is -2.42. The van der Waals surface area contributed by atoms with E-state index in [1.54, 1.807) is 16.6 Å². The van der Waals surface area contributed by atoms with E-state index in [4.69, 9.17) is 47.7 Å². The lowest BCUT2D eigenvalue weighted by molar-refractivity contribution is -0.247. The van der Waals surface area contributed by atoms with Gasteiger partial charge in [-0.3, -0.25) is 28.7 Å². The first kappa shape index (κ1) is 51.8. The fraction of sp³-hybridized carbons (Fsp3) is 0.500. The molecule has 0 bridgehead atoms. The van der Waals surface area contributed by atoms with Gasteiger partial charge in [-0.15, -0.1) is 35.6 Å². The van der Waals surface area contributed by atoms with E-state index in [1.165, 1.54) is 25.3 Å². The molecule has 0 amide bonds. The van der Waals surface area contributed by atoms with E-state index in [2.05, 4.69) is 5.09 Å². The molecular formula is C38H48Cl3FN5O15P. The van der Waals surface area contributed by atoms with E-state index in [0.29, 0.717) is 37.7 Å². The van der Waals surface area contributed by atoms with Crippen LogP contribution in [0.3, 0.4) is 0 Å². The summed E-state index contributed by atoms with van der Waals surface area (Å²) in [5.41, 5.74) is 0.666. The van der Waals surface area contributed by atoms with Gasteiger partial charge in [0.25, 0.3) is 5.56 Å². The number of alkyl halides is 2.